The number of aliphatic hydroxyl groups is 8. The van der Waals surface area contributed by atoms with Gasteiger partial charge in [0.15, 0.2) is 6.29 Å². The van der Waals surface area contributed by atoms with E-state index in [1.807, 2.05) is 42.5 Å². The van der Waals surface area contributed by atoms with E-state index < -0.39 is 147 Å². The Morgan fingerprint density at radius 1 is 0.820 bits per heavy atom. The fourth-order valence-corrected chi connectivity index (χ4v) is 7.63. The van der Waals surface area contributed by atoms with Gasteiger partial charge in [-0.25, -0.2) is 4.79 Å². The monoisotopic (exact) mass is 865 g/mol. The Kier molecular flexibility index (Phi) is 16.3. The highest BCUT2D eigenvalue weighted by atomic mass is 16.8. The Morgan fingerprint density at radius 3 is 2.05 bits per heavy atom. The molecule has 3 aliphatic rings. The lowest BCUT2D eigenvalue weighted by atomic mass is 9.88. The molecular weight excluding hydrogens is 810 g/mol. The Morgan fingerprint density at radius 2 is 1.44 bits per heavy atom. The minimum Gasteiger partial charge on any atom is -0.477 e. The average molecular weight is 866 g/mol. The molecule has 0 spiro atoms. The number of rotatable bonds is 16. The number of carboxylic acids is 1. The van der Waals surface area contributed by atoms with Crippen molar-refractivity contribution in [3.05, 3.63) is 60.2 Å². The first-order valence-corrected chi connectivity index (χ1v) is 19.7. The van der Waals surface area contributed by atoms with Crippen molar-refractivity contribution in [2.45, 2.75) is 131 Å². The van der Waals surface area contributed by atoms with Crippen molar-refractivity contribution in [1.82, 2.24) is 16.0 Å². The molecule has 21 heteroatoms. The van der Waals surface area contributed by atoms with E-state index >= 15 is 0 Å². The molecule has 0 bridgehead atoms. The summed E-state index contributed by atoms with van der Waals surface area (Å²) in [5.41, 5.74) is 2.56. The Bertz CT molecular complexity index is 1790. The van der Waals surface area contributed by atoms with Gasteiger partial charge in [-0.3, -0.25) is 14.4 Å². The second-order valence-corrected chi connectivity index (χ2v) is 15.4. The van der Waals surface area contributed by atoms with E-state index in [4.69, 9.17) is 23.7 Å². The van der Waals surface area contributed by atoms with Crippen molar-refractivity contribution in [3.63, 3.8) is 0 Å². The second-order valence-electron chi connectivity index (χ2n) is 15.4. The van der Waals surface area contributed by atoms with Crippen LogP contribution in [-0.2, 0) is 49.3 Å². The van der Waals surface area contributed by atoms with Crippen LogP contribution in [0.2, 0.25) is 0 Å². The zero-order valence-electron chi connectivity index (χ0n) is 33.6. The van der Waals surface area contributed by atoms with Gasteiger partial charge in [0.1, 0.15) is 54.9 Å². The number of carbonyl (C=O) groups is 4. The Balaban J connectivity index is 1.26. The number of aliphatic carboxylic acids is 1. The molecule has 3 amide bonds. The van der Waals surface area contributed by atoms with E-state index in [1.165, 1.54) is 13.8 Å². The summed E-state index contributed by atoms with van der Waals surface area (Å²) in [5, 5.41) is 105. The molecule has 3 fully saturated rings. The molecular formula is C40H55N3O18. The van der Waals surface area contributed by atoms with Gasteiger partial charge < -0.3 is 85.6 Å². The molecule has 0 saturated carbocycles. The number of benzene rings is 2. The molecule has 338 valence electrons. The third-order valence-electron chi connectivity index (χ3n) is 10.9. The number of hydrogen-bond donors (Lipinski definition) is 12. The quantitative estimate of drug-likeness (QED) is 0.0766. The summed E-state index contributed by atoms with van der Waals surface area (Å²) in [5.74, 6) is -6.51. The Hall–Kier alpha value is -4.20. The van der Waals surface area contributed by atoms with E-state index in [1.54, 1.807) is 12.1 Å². The van der Waals surface area contributed by atoms with Crippen LogP contribution in [0, 0.1) is 0 Å². The minimum atomic E-state index is -2.87. The predicted molar refractivity (Wildman–Crippen MR) is 207 cm³/mol. The lowest BCUT2D eigenvalue weighted by Crippen LogP contribution is -2.69. The van der Waals surface area contributed by atoms with E-state index in [2.05, 4.69) is 16.0 Å². The first-order chi connectivity index (χ1) is 28.8. The minimum absolute atomic E-state index is 0.0957. The lowest BCUT2D eigenvalue weighted by Gasteiger charge is -2.48. The van der Waals surface area contributed by atoms with Crippen LogP contribution in [0.5, 0.6) is 0 Å². The van der Waals surface area contributed by atoms with Crippen LogP contribution in [0.4, 0.5) is 0 Å². The zero-order valence-corrected chi connectivity index (χ0v) is 33.6. The van der Waals surface area contributed by atoms with Gasteiger partial charge in [0.25, 0.3) is 5.79 Å². The average Bonchev–Trinajstić information content (AvgIpc) is 3.22. The number of hydrogen-bond acceptors (Lipinski definition) is 17. The molecule has 61 heavy (non-hydrogen) atoms. The van der Waals surface area contributed by atoms with Crippen LogP contribution in [0.1, 0.15) is 32.8 Å². The van der Waals surface area contributed by atoms with Gasteiger partial charge in [0.05, 0.1) is 50.0 Å². The van der Waals surface area contributed by atoms with Gasteiger partial charge in [0, 0.05) is 26.8 Å². The van der Waals surface area contributed by atoms with Crippen LogP contribution in [-0.4, -0.2) is 187 Å². The van der Waals surface area contributed by atoms with Crippen molar-refractivity contribution in [2.75, 3.05) is 19.8 Å². The standard InChI is InChI=1S/C40H55N3O18/c1-18-29(42-19(2)45)33(52)36(26(16-44)58-18)60-38-35(54)34(53)32(51)27(59-38)17-57-40(39(55)56)14-24(47)30(43-20(3)46)37(61-40)31(50)25(48)15-41-28(49)13-21-9-11-23(12-10-21)22-7-5-4-6-8-22/h4-12,18,24-27,29-38,44,47-48,50-54H,13-17H2,1-3H3,(H,41,49)(H,42,45)(H,43,46)(H,55,56)/t18-,24+,25+,26?,27?,29?,30+,31+,32-,33+,34-,35?,36+,37?,38-,40+/m0/s1. The molecule has 12 N–H and O–H groups in total. The highest BCUT2D eigenvalue weighted by Gasteiger charge is 2.57. The highest BCUT2D eigenvalue weighted by Crippen LogP contribution is 2.35. The van der Waals surface area contributed by atoms with Gasteiger partial charge in [-0.2, -0.15) is 0 Å². The molecule has 21 nitrogen and oxygen atoms in total. The fraction of sp³-hybridized carbons (Fsp3) is 0.600. The van der Waals surface area contributed by atoms with Crippen molar-refractivity contribution in [3.8, 4) is 11.1 Å². The van der Waals surface area contributed by atoms with Crippen LogP contribution < -0.4 is 16.0 Å². The third-order valence-corrected chi connectivity index (χ3v) is 10.9. The third kappa shape index (κ3) is 11.4. The van der Waals surface area contributed by atoms with Crippen molar-refractivity contribution in [1.29, 1.82) is 0 Å². The van der Waals surface area contributed by atoms with Crippen LogP contribution >= 0.6 is 0 Å². The first-order valence-electron chi connectivity index (χ1n) is 19.7. The number of aliphatic hydroxyl groups excluding tert-OH is 8. The van der Waals surface area contributed by atoms with Crippen LogP contribution in [0.3, 0.4) is 0 Å². The van der Waals surface area contributed by atoms with Gasteiger partial charge in [-0.05, 0) is 23.6 Å². The second kappa shape index (κ2) is 20.8. The van der Waals surface area contributed by atoms with E-state index in [-0.39, 0.29) is 6.42 Å². The van der Waals surface area contributed by atoms with Crippen LogP contribution in [0.25, 0.3) is 11.1 Å². The SMILES string of the molecule is CC(=O)NC1[C@H](C)OC(CO)[C@@H](O[C@@H]2OC(CO[C@]3(C(=O)O)C[C@@H](O)[C@@H](NC(C)=O)C([C@H](O)[C@H](O)CNC(=O)Cc4ccc(-c5ccccc5)cc4)O3)[C@H](O)[C@H](O)C2O)[C@@H]1O. The Labute approximate surface area is 350 Å². The number of nitrogens with one attached hydrogen (secondary N) is 3. The predicted octanol–water partition coefficient (Wildman–Crippen LogP) is -3.98. The maximum Gasteiger partial charge on any atom is 0.364 e. The molecule has 0 radical (unpaired) electrons. The largest absolute Gasteiger partial charge is 0.477 e. The van der Waals surface area contributed by atoms with Crippen molar-refractivity contribution < 1.29 is 88.8 Å². The molecule has 0 aromatic heterocycles. The smallest absolute Gasteiger partial charge is 0.364 e. The number of carbonyl (C=O) groups excluding carboxylic acids is 3. The summed E-state index contributed by atoms with van der Waals surface area (Å²) in [6, 6.07) is 14.2. The molecule has 2 aromatic carbocycles. The van der Waals surface area contributed by atoms with E-state index in [9.17, 15) is 65.1 Å². The normalized spacial score (nSPS) is 35.0. The number of ether oxygens (including phenoxy) is 5. The summed E-state index contributed by atoms with van der Waals surface area (Å²) in [7, 11) is 0. The molecule has 2 aromatic rings. The summed E-state index contributed by atoms with van der Waals surface area (Å²) < 4.78 is 28.5. The maximum atomic E-state index is 12.9. The topological polar surface area (TPSA) is 333 Å². The van der Waals surface area contributed by atoms with E-state index in [0.717, 1.165) is 18.1 Å². The molecule has 0 aliphatic carbocycles. The molecule has 5 unspecified atom stereocenters. The van der Waals surface area contributed by atoms with E-state index in [0.29, 0.717) is 5.56 Å². The van der Waals surface area contributed by atoms with Gasteiger partial charge in [-0.15, -0.1) is 0 Å². The molecule has 3 heterocycles. The highest BCUT2D eigenvalue weighted by molar-refractivity contribution is 5.79. The summed E-state index contributed by atoms with van der Waals surface area (Å²) in [6.45, 7) is 1.58. The maximum absolute atomic E-state index is 12.9. The molecule has 16 atom stereocenters. The summed E-state index contributed by atoms with van der Waals surface area (Å²) in [4.78, 5) is 49.6. The van der Waals surface area contributed by atoms with Gasteiger partial charge in [0.2, 0.25) is 17.7 Å². The summed E-state index contributed by atoms with van der Waals surface area (Å²) >= 11 is 0. The fourth-order valence-electron chi connectivity index (χ4n) is 7.63. The molecule has 3 aliphatic heterocycles. The van der Waals surface area contributed by atoms with Crippen LogP contribution in [0.15, 0.2) is 54.6 Å². The molecule has 5 rings (SSSR count). The first kappa shape index (κ1) is 47.8. The van der Waals surface area contributed by atoms with Gasteiger partial charge in [-0.1, -0.05) is 54.6 Å². The molecule has 3 saturated heterocycles. The zero-order chi connectivity index (χ0) is 44.8. The van der Waals surface area contributed by atoms with Crippen molar-refractivity contribution in [2.24, 2.45) is 0 Å². The summed E-state index contributed by atoms with van der Waals surface area (Å²) in [6.07, 6.45) is -23.3. The van der Waals surface area contributed by atoms with Gasteiger partial charge >= 0.3 is 5.97 Å². The number of amides is 3. The number of carboxylic acid groups (broad SMARTS) is 1. The lowest BCUT2D eigenvalue weighted by molar-refractivity contribution is -0.353. The van der Waals surface area contributed by atoms with Crippen molar-refractivity contribution >= 4 is 23.7 Å².